The van der Waals surface area contributed by atoms with Gasteiger partial charge in [-0.15, -0.1) is 11.3 Å². The number of hydrogen-bond acceptors (Lipinski definition) is 3. The second-order valence-corrected chi connectivity index (χ2v) is 7.18. The smallest absolute Gasteiger partial charge is 0.254 e. The number of carbonyl (C=O) groups excluding carboxylic acids is 1. The molecule has 3 N–H and O–H groups in total. The Morgan fingerprint density at radius 2 is 2.05 bits per heavy atom. The normalized spacial score (nSPS) is 23.3. The quantitative estimate of drug-likeness (QED) is 0.873. The van der Waals surface area contributed by atoms with E-state index >= 15 is 0 Å². The molecule has 3 rings (SSSR count). The maximum absolute atomic E-state index is 12.5. The fourth-order valence-corrected chi connectivity index (χ4v) is 4.63. The van der Waals surface area contributed by atoms with Crippen molar-refractivity contribution >= 4 is 22.2 Å². The number of hydrogen-bond donors (Lipinski definition) is 2. The van der Waals surface area contributed by atoms with E-state index in [9.17, 15) is 4.79 Å². The molecule has 1 amide bonds. The zero-order valence-corrected chi connectivity index (χ0v) is 12.3. The van der Waals surface area contributed by atoms with Crippen LogP contribution in [-0.4, -0.2) is 11.9 Å². The van der Waals surface area contributed by atoms with Gasteiger partial charge in [0.1, 0.15) is 0 Å². The lowest BCUT2D eigenvalue weighted by Gasteiger charge is -2.19. The van der Waals surface area contributed by atoms with Crippen LogP contribution in [0.4, 0.5) is 5.00 Å². The van der Waals surface area contributed by atoms with Crippen LogP contribution in [0.15, 0.2) is 0 Å². The third-order valence-corrected chi connectivity index (χ3v) is 5.54. The van der Waals surface area contributed by atoms with Gasteiger partial charge in [-0.2, -0.15) is 0 Å². The van der Waals surface area contributed by atoms with E-state index in [2.05, 4.69) is 12.2 Å². The standard InChI is InChI=1S/C15H22N2OS/c1-9-6-7-11-12(8-9)19-14(16)13(11)15(18)17-10-4-2-3-5-10/h9-10H,2-8,16H2,1H3,(H,17,18)/t9-/m0/s1. The summed E-state index contributed by atoms with van der Waals surface area (Å²) in [7, 11) is 0. The number of nitrogens with one attached hydrogen (secondary N) is 1. The third-order valence-electron chi connectivity index (χ3n) is 4.46. The van der Waals surface area contributed by atoms with Crippen molar-refractivity contribution in [1.82, 2.24) is 5.32 Å². The summed E-state index contributed by atoms with van der Waals surface area (Å²) in [5, 5.41) is 3.89. The second kappa shape index (κ2) is 5.16. The summed E-state index contributed by atoms with van der Waals surface area (Å²) in [6, 6.07) is 0.366. The van der Waals surface area contributed by atoms with Crippen LogP contribution < -0.4 is 11.1 Å². The predicted molar refractivity (Wildman–Crippen MR) is 79.6 cm³/mol. The molecular formula is C15H22N2OS. The molecule has 0 aliphatic heterocycles. The molecule has 0 spiro atoms. The predicted octanol–water partition coefficient (Wildman–Crippen LogP) is 3.13. The molecule has 0 aromatic carbocycles. The summed E-state index contributed by atoms with van der Waals surface area (Å²) in [6.07, 6.45) is 7.98. The lowest BCUT2D eigenvalue weighted by molar-refractivity contribution is 0.0938. The van der Waals surface area contributed by atoms with Crippen molar-refractivity contribution in [3.05, 3.63) is 16.0 Å². The first-order valence-electron chi connectivity index (χ1n) is 7.36. The van der Waals surface area contributed by atoms with Crippen molar-refractivity contribution in [2.75, 3.05) is 5.73 Å². The molecule has 2 aliphatic rings. The molecular weight excluding hydrogens is 256 g/mol. The highest BCUT2D eigenvalue weighted by atomic mass is 32.1. The van der Waals surface area contributed by atoms with Gasteiger partial charge in [-0.3, -0.25) is 4.79 Å². The highest BCUT2D eigenvalue weighted by Gasteiger charge is 2.28. The summed E-state index contributed by atoms with van der Waals surface area (Å²) in [4.78, 5) is 13.8. The van der Waals surface area contributed by atoms with Crippen molar-refractivity contribution in [3.8, 4) is 0 Å². The van der Waals surface area contributed by atoms with Gasteiger partial charge in [0.15, 0.2) is 0 Å². The maximum atomic E-state index is 12.5. The largest absolute Gasteiger partial charge is 0.390 e. The Bertz CT molecular complexity index is 489. The molecule has 4 heteroatoms. The van der Waals surface area contributed by atoms with Crippen LogP contribution >= 0.6 is 11.3 Å². The fourth-order valence-electron chi connectivity index (χ4n) is 3.35. The highest BCUT2D eigenvalue weighted by Crippen LogP contribution is 2.38. The minimum absolute atomic E-state index is 0.0662. The van der Waals surface area contributed by atoms with Crippen LogP contribution in [0, 0.1) is 5.92 Å². The molecule has 104 valence electrons. The molecule has 1 heterocycles. The fraction of sp³-hybridized carbons (Fsp3) is 0.667. The molecule has 0 saturated heterocycles. The molecule has 1 saturated carbocycles. The van der Waals surface area contributed by atoms with Crippen LogP contribution in [0.25, 0.3) is 0 Å². The lowest BCUT2D eigenvalue weighted by Crippen LogP contribution is -2.33. The summed E-state index contributed by atoms with van der Waals surface area (Å²) in [5.41, 5.74) is 8.12. The van der Waals surface area contributed by atoms with Gasteiger partial charge < -0.3 is 11.1 Å². The van der Waals surface area contributed by atoms with Gasteiger partial charge in [-0.25, -0.2) is 0 Å². The first-order valence-corrected chi connectivity index (χ1v) is 8.17. The van der Waals surface area contributed by atoms with Crippen LogP contribution in [0.5, 0.6) is 0 Å². The number of thiophene rings is 1. The summed E-state index contributed by atoms with van der Waals surface area (Å²) in [5.74, 6) is 0.785. The Balaban J connectivity index is 1.81. The average molecular weight is 278 g/mol. The van der Waals surface area contributed by atoms with Crippen LogP contribution in [-0.2, 0) is 12.8 Å². The number of carbonyl (C=O) groups is 1. The van der Waals surface area contributed by atoms with Crippen molar-refractivity contribution < 1.29 is 4.79 Å². The summed E-state index contributed by atoms with van der Waals surface area (Å²) >= 11 is 1.62. The average Bonchev–Trinajstić information content (AvgIpc) is 2.95. The van der Waals surface area contributed by atoms with Crippen LogP contribution in [0.1, 0.15) is 59.8 Å². The Morgan fingerprint density at radius 1 is 1.32 bits per heavy atom. The molecule has 19 heavy (non-hydrogen) atoms. The Morgan fingerprint density at radius 3 is 2.79 bits per heavy atom. The molecule has 1 aromatic rings. The van der Waals surface area contributed by atoms with E-state index in [-0.39, 0.29) is 5.91 Å². The molecule has 2 aliphatic carbocycles. The lowest BCUT2D eigenvalue weighted by atomic mass is 9.88. The van der Waals surface area contributed by atoms with Crippen molar-refractivity contribution in [2.45, 2.75) is 57.9 Å². The van der Waals surface area contributed by atoms with Crippen molar-refractivity contribution in [3.63, 3.8) is 0 Å². The van der Waals surface area contributed by atoms with Crippen LogP contribution in [0.2, 0.25) is 0 Å². The Kier molecular flexibility index (Phi) is 3.52. The van der Waals surface area contributed by atoms with Gasteiger partial charge in [-0.1, -0.05) is 19.8 Å². The molecule has 0 bridgehead atoms. The topological polar surface area (TPSA) is 55.1 Å². The number of anilines is 1. The Hall–Kier alpha value is -1.03. The number of nitrogen functional groups attached to an aromatic ring is 1. The molecule has 1 fully saturated rings. The SMILES string of the molecule is C[C@H]1CCc2c(sc(N)c2C(=O)NC2CCCC2)C1. The third kappa shape index (κ3) is 2.50. The van der Waals surface area contributed by atoms with Gasteiger partial charge in [0.05, 0.1) is 10.6 Å². The minimum Gasteiger partial charge on any atom is -0.390 e. The van der Waals surface area contributed by atoms with Gasteiger partial charge >= 0.3 is 0 Å². The zero-order valence-electron chi connectivity index (χ0n) is 11.5. The van der Waals surface area contributed by atoms with Crippen LogP contribution in [0.3, 0.4) is 0 Å². The summed E-state index contributed by atoms with van der Waals surface area (Å²) in [6.45, 7) is 2.27. The van der Waals surface area contributed by atoms with E-state index in [0.717, 1.165) is 42.2 Å². The number of nitrogens with two attached hydrogens (primary N) is 1. The van der Waals surface area contributed by atoms with E-state index in [1.807, 2.05) is 0 Å². The van der Waals surface area contributed by atoms with Gasteiger partial charge in [0.2, 0.25) is 0 Å². The van der Waals surface area contributed by atoms with E-state index in [1.165, 1.54) is 29.7 Å². The van der Waals surface area contributed by atoms with Gasteiger partial charge in [-0.05, 0) is 43.6 Å². The van der Waals surface area contributed by atoms with E-state index in [0.29, 0.717) is 6.04 Å². The first-order chi connectivity index (χ1) is 9.15. The van der Waals surface area contributed by atoms with Crippen molar-refractivity contribution in [1.29, 1.82) is 0 Å². The minimum atomic E-state index is 0.0662. The number of fused-ring (bicyclic) bond motifs is 1. The molecule has 0 radical (unpaired) electrons. The molecule has 1 atom stereocenters. The number of amides is 1. The van der Waals surface area contributed by atoms with Crippen molar-refractivity contribution in [2.24, 2.45) is 5.92 Å². The van der Waals surface area contributed by atoms with E-state index in [4.69, 9.17) is 5.73 Å². The first kappa shape index (κ1) is 13.0. The second-order valence-electron chi connectivity index (χ2n) is 6.05. The Labute approximate surface area is 118 Å². The zero-order chi connectivity index (χ0) is 13.4. The molecule has 0 unspecified atom stereocenters. The van der Waals surface area contributed by atoms with E-state index in [1.54, 1.807) is 11.3 Å². The highest BCUT2D eigenvalue weighted by molar-refractivity contribution is 7.16. The van der Waals surface area contributed by atoms with E-state index < -0.39 is 0 Å². The molecule has 3 nitrogen and oxygen atoms in total. The van der Waals surface area contributed by atoms with Gasteiger partial charge in [0, 0.05) is 10.9 Å². The van der Waals surface area contributed by atoms with Gasteiger partial charge in [0.25, 0.3) is 5.91 Å². The maximum Gasteiger partial charge on any atom is 0.254 e. The monoisotopic (exact) mass is 278 g/mol. The summed E-state index contributed by atoms with van der Waals surface area (Å²) < 4.78 is 0. The molecule has 1 aromatic heterocycles. The number of rotatable bonds is 2.